The van der Waals surface area contributed by atoms with Gasteiger partial charge in [-0.15, -0.1) is 5.06 Å². The highest BCUT2D eigenvalue weighted by molar-refractivity contribution is 5.86. The van der Waals surface area contributed by atoms with E-state index in [1.807, 2.05) is 54.6 Å². The number of nitrogens with zero attached hydrogens (tertiary/aromatic N) is 2. The fourth-order valence-electron chi connectivity index (χ4n) is 3.34. The van der Waals surface area contributed by atoms with E-state index in [1.54, 1.807) is 38.4 Å². The molecule has 0 unspecified atom stereocenters. The number of carbonyl (C=O) groups excluding carboxylic acids is 2. The second-order valence-corrected chi connectivity index (χ2v) is 7.09. The molecular weight excluding hydrogens is 396 g/mol. The molecule has 1 aliphatic heterocycles. The lowest BCUT2D eigenvalue weighted by atomic mass is 9.94. The van der Waals surface area contributed by atoms with E-state index in [1.165, 1.54) is 5.01 Å². The normalized spacial score (nSPS) is 12.2. The molecule has 0 aliphatic carbocycles. The Labute approximate surface area is 179 Å². The van der Waals surface area contributed by atoms with Gasteiger partial charge in [-0.1, -0.05) is 54.6 Å². The van der Waals surface area contributed by atoms with E-state index >= 15 is 0 Å². The van der Waals surface area contributed by atoms with Gasteiger partial charge in [-0.2, -0.15) is 0 Å². The maximum atomic E-state index is 13.1. The summed E-state index contributed by atoms with van der Waals surface area (Å²) in [6.45, 7) is 0. The number of urea groups is 1. The van der Waals surface area contributed by atoms with Crippen LogP contribution in [-0.2, 0) is 4.84 Å². The Morgan fingerprint density at radius 1 is 0.839 bits per heavy atom. The first-order chi connectivity index (χ1) is 15.0. The summed E-state index contributed by atoms with van der Waals surface area (Å²) in [5.41, 5.74) is 4.59. The lowest BCUT2D eigenvalue weighted by Crippen LogP contribution is -2.49. The zero-order valence-corrected chi connectivity index (χ0v) is 17.1. The van der Waals surface area contributed by atoms with Gasteiger partial charge in [0.25, 0.3) is 0 Å². The van der Waals surface area contributed by atoms with Gasteiger partial charge in [0.15, 0.2) is 0 Å². The fraction of sp³-hybridized carbons (Fsp3) is 0.130. The standard InChI is InChI=1S/C23H22N4O4/c1-26(2)25-22(28)27(31-23(29)24-16-10-4-3-5-11-16)21-17-12-6-8-14-19(17)30-20-15-9-7-13-18(20)21/h3-15,21H,1-2H3,(H,24,29)(H,25,28). The minimum Gasteiger partial charge on any atom is -0.457 e. The molecule has 3 amide bonds. The number of ether oxygens (including phenoxy) is 1. The first-order valence-corrected chi connectivity index (χ1v) is 9.70. The van der Waals surface area contributed by atoms with Crippen LogP contribution in [0.15, 0.2) is 78.9 Å². The van der Waals surface area contributed by atoms with Crippen molar-refractivity contribution in [3.8, 4) is 11.5 Å². The number of rotatable bonds is 3. The van der Waals surface area contributed by atoms with Gasteiger partial charge in [-0.05, 0) is 24.3 Å². The van der Waals surface area contributed by atoms with Crippen LogP contribution in [0.2, 0.25) is 0 Å². The molecule has 2 N–H and O–H groups in total. The molecule has 4 rings (SSSR count). The van der Waals surface area contributed by atoms with Crippen LogP contribution in [-0.4, -0.2) is 36.3 Å². The van der Waals surface area contributed by atoms with Gasteiger partial charge in [0.2, 0.25) is 0 Å². The van der Waals surface area contributed by atoms with Crippen molar-refractivity contribution < 1.29 is 19.2 Å². The lowest BCUT2D eigenvalue weighted by Gasteiger charge is -2.35. The van der Waals surface area contributed by atoms with Gasteiger partial charge in [0.05, 0.1) is 0 Å². The Bertz CT molecular complexity index is 1040. The van der Waals surface area contributed by atoms with Crippen molar-refractivity contribution in [3.63, 3.8) is 0 Å². The third-order valence-electron chi connectivity index (χ3n) is 4.60. The zero-order chi connectivity index (χ0) is 21.8. The molecule has 0 aromatic heterocycles. The Hall–Kier alpha value is -4.04. The molecule has 8 nitrogen and oxygen atoms in total. The number of amides is 3. The van der Waals surface area contributed by atoms with Gasteiger partial charge in [0, 0.05) is 30.9 Å². The second kappa shape index (κ2) is 8.76. The summed E-state index contributed by atoms with van der Waals surface area (Å²) in [6.07, 6.45) is -0.790. The minimum atomic E-state index is -0.790. The number of hydrogen-bond donors (Lipinski definition) is 2. The second-order valence-electron chi connectivity index (χ2n) is 7.09. The quantitative estimate of drug-likeness (QED) is 0.611. The van der Waals surface area contributed by atoms with E-state index in [-0.39, 0.29) is 0 Å². The van der Waals surface area contributed by atoms with Gasteiger partial charge < -0.3 is 9.57 Å². The number of benzene rings is 3. The smallest absolute Gasteiger partial charge is 0.436 e. The maximum Gasteiger partial charge on any atom is 0.436 e. The third-order valence-corrected chi connectivity index (χ3v) is 4.60. The van der Waals surface area contributed by atoms with Crippen molar-refractivity contribution in [2.24, 2.45) is 0 Å². The summed E-state index contributed by atoms with van der Waals surface area (Å²) in [5, 5.41) is 5.14. The van der Waals surface area contributed by atoms with Crippen molar-refractivity contribution in [2.45, 2.75) is 6.04 Å². The summed E-state index contributed by atoms with van der Waals surface area (Å²) in [5.74, 6) is 1.17. The van der Waals surface area contributed by atoms with Gasteiger partial charge >= 0.3 is 12.1 Å². The average Bonchev–Trinajstić information content (AvgIpc) is 2.76. The van der Waals surface area contributed by atoms with Crippen LogP contribution in [0.5, 0.6) is 11.5 Å². The number of carbonyl (C=O) groups is 2. The molecule has 3 aromatic carbocycles. The molecule has 0 saturated carbocycles. The summed E-state index contributed by atoms with van der Waals surface area (Å²) < 4.78 is 5.99. The topological polar surface area (TPSA) is 83.1 Å². The van der Waals surface area contributed by atoms with Gasteiger partial charge in [-0.3, -0.25) is 10.7 Å². The highest BCUT2D eigenvalue weighted by Gasteiger charge is 2.37. The van der Waals surface area contributed by atoms with Crippen molar-refractivity contribution in [3.05, 3.63) is 90.0 Å². The van der Waals surface area contributed by atoms with Gasteiger partial charge in [0.1, 0.15) is 17.5 Å². The van der Waals surface area contributed by atoms with Crippen LogP contribution >= 0.6 is 0 Å². The molecule has 0 atom stereocenters. The number of hydrogen-bond acceptors (Lipinski definition) is 5. The Morgan fingerprint density at radius 2 is 1.39 bits per heavy atom. The molecule has 31 heavy (non-hydrogen) atoms. The average molecular weight is 418 g/mol. The number of hydroxylamine groups is 2. The largest absolute Gasteiger partial charge is 0.457 e. The van der Waals surface area contributed by atoms with Crippen LogP contribution in [0.4, 0.5) is 15.3 Å². The highest BCUT2D eigenvalue weighted by Crippen LogP contribution is 2.45. The monoisotopic (exact) mass is 418 g/mol. The maximum absolute atomic E-state index is 13.1. The Balaban J connectivity index is 1.71. The van der Waals surface area contributed by atoms with Crippen LogP contribution in [0.3, 0.4) is 0 Å². The molecule has 8 heteroatoms. The van der Waals surface area contributed by atoms with Gasteiger partial charge in [-0.25, -0.2) is 14.6 Å². The minimum absolute atomic E-state index is 0.549. The molecule has 0 fully saturated rings. The Morgan fingerprint density at radius 3 is 1.97 bits per heavy atom. The summed E-state index contributed by atoms with van der Waals surface area (Å²) in [6, 6.07) is 22.2. The van der Waals surface area contributed by atoms with Crippen LogP contribution in [0.1, 0.15) is 17.2 Å². The number of fused-ring (bicyclic) bond motifs is 2. The predicted molar refractivity (Wildman–Crippen MR) is 115 cm³/mol. The third kappa shape index (κ3) is 4.44. The lowest BCUT2D eigenvalue weighted by molar-refractivity contribution is -0.0793. The number of anilines is 1. The fourth-order valence-corrected chi connectivity index (χ4v) is 3.34. The molecule has 0 radical (unpaired) electrons. The van der Waals surface area contributed by atoms with E-state index in [0.717, 1.165) is 5.06 Å². The molecule has 1 heterocycles. The van der Waals surface area contributed by atoms with E-state index in [0.29, 0.717) is 28.3 Å². The molecule has 3 aromatic rings. The van der Waals surface area contributed by atoms with Crippen LogP contribution in [0.25, 0.3) is 0 Å². The number of hydrazine groups is 1. The van der Waals surface area contributed by atoms with Crippen LogP contribution < -0.4 is 15.5 Å². The number of nitrogens with one attached hydrogen (secondary N) is 2. The first kappa shape index (κ1) is 20.2. The van der Waals surface area contributed by atoms with Crippen molar-refractivity contribution in [1.29, 1.82) is 0 Å². The number of para-hydroxylation sites is 3. The molecule has 1 aliphatic rings. The van der Waals surface area contributed by atoms with Crippen molar-refractivity contribution >= 4 is 17.8 Å². The summed E-state index contributed by atoms with van der Waals surface area (Å²) in [4.78, 5) is 31.3. The molecule has 0 saturated heterocycles. The zero-order valence-electron chi connectivity index (χ0n) is 17.1. The van der Waals surface area contributed by atoms with Crippen LogP contribution in [0, 0.1) is 0 Å². The molecule has 0 spiro atoms. The predicted octanol–water partition coefficient (Wildman–Crippen LogP) is 4.53. The molecular formula is C23H22N4O4. The SMILES string of the molecule is CN(C)NC(=O)N(OC(=O)Nc1ccccc1)C1c2ccccc2Oc2ccccc21. The van der Waals surface area contributed by atoms with Crippen molar-refractivity contribution in [2.75, 3.05) is 19.4 Å². The molecule has 0 bridgehead atoms. The van der Waals surface area contributed by atoms with E-state index < -0.39 is 18.2 Å². The summed E-state index contributed by atoms with van der Waals surface area (Å²) >= 11 is 0. The highest BCUT2D eigenvalue weighted by atomic mass is 16.7. The molecule has 158 valence electrons. The van der Waals surface area contributed by atoms with E-state index in [2.05, 4.69) is 10.7 Å². The first-order valence-electron chi connectivity index (χ1n) is 9.70. The van der Waals surface area contributed by atoms with E-state index in [9.17, 15) is 9.59 Å². The van der Waals surface area contributed by atoms with Crippen molar-refractivity contribution in [1.82, 2.24) is 15.5 Å². The summed E-state index contributed by atoms with van der Waals surface area (Å²) in [7, 11) is 3.35. The van der Waals surface area contributed by atoms with E-state index in [4.69, 9.17) is 9.57 Å². The Kier molecular flexibility index (Phi) is 5.72.